The molecule has 10 heteroatoms. The van der Waals surface area contributed by atoms with E-state index in [-0.39, 0.29) is 5.82 Å². The topological polar surface area (TPSA) is 107 Å². The van der Waals surface area contributed by atoms with Crippen LogP contribution in [0.3, 0.4) is 0 Å². The zero-order valence-electron chi connectivity index (χ0n) is 14.2. The molecular weight excluding hydrogens is 436 g/mol. The normalized spacial score (nSPS) is 11.3. The van der Waals surface area contributed by atoms with Crippen molar-refractivity contribution in [3.63, 3.8) is 0 Å². The second-order valence-corrected chi connectivity index (χ2v) is 8.34. The number of nitro benzene ring substituents is 1. The predicted octanol–water partition coefficient (Wildman–Crippen LogP) is 3.71. The van der Waals surface area contributed by atoms with Crippen LogP contribution in [0, 0.1) is 17.0 Å². The second kappa shape index (κ2) is 7.49. The van der Waals surface area contributed by atoms with Crippen molar-refractivity contribution >= 4 is 37.5 Å². The number of nitro groups is 1. The van der Waals surface area contributed by atoms with Crippen LogP contribution in [0.4, 0.5) is 11.5 Å². The SMILES string of the molecule is Cc1ccc(Cn2cc(Br)c(NS(=O)(=O)c3ccccc3[N+](=O)[O-])n2)cc1. The van der Waals surface area contributed by atoms with Crippen LogP contribution in [-0.2, 0) is 16.6 Å². The average Bonchev–Trinajstić information content (AvgIpc) is 2.95. The maximum Gasteiger partial charge on any atom is 0.289 e. The van der Waals surface area contributed by atoms with Gasteiger partial charge in [0.25, 0.3) is 15.7 Å². The molecule has 1 aromatic heterocycles. The fraction of sp³-hybridized carbons (Fsp3) is 0.118. The monoisotopic (exact) mass is 450 g/mol. The van der Waals surface area contributed by atoms with Crippen LogP contribution in [0.1, 0.15) is 11.1 Å². The maximum absolute atomic E-state index is 12.6. The van der Waals surface area contributed by atoms with Gasteiger partial charge in [-0.15, -0.1) is 0 Å². The number of benzene rings is 2. The molecule has 0 fully saturated rings. The van der Waals surface area contributed by atoms with Gasteiger partial charge in [0.15, 0.2) is 10.7 Å². The zero-order valence-corrected chi connectivity index (χ0v) is 16.6. The molecule has 0 atom stereocenters. The van der Waals surface area contributed by atoms with Crippen LogP contribution in [0.5, 0.6) is 0 Å². The van der Waals surface area contributed by atoms with Crippen LogP contribution in [0.25, 0.3) is 0 Å². The van der Waals surface area contributed by atoms with Gasteiger partial charge in [0.1, 0.15) is 0 Å². The van der Waals surface area contributed by atoms with E-state index in [1.54, 1.807) is 10.9 Å². The first kappa shape index (κ1) is 19.1. The highest BCUT2D eigenvalue weighted by Crippen LogP contribution is 2.28. The highest BCUT2D eigenvalue weighted by molar-refractivity contribution is 9.10. The van der Waals surface area contributed by atoms with Crippen molar-refractivity contribution in [2.45, 2.75) is 18.4 Å². The van der Waals surface area contributed by atoms with Gasteiger partial charge in [-0.05, 0) is 34.5 Å². The first-order chi connectivity index (χ1) is 12.8. The number of nitrogens with zero attached hydrogens (tertiary/aromatic N) is 3. The lowest BCUT2D eigenvalue weighted by atomic mass is 10.1. The van der Waals surface area contributed by atoms with E-state index in [9.17, 15) is 18.5 Å². The third-order valence-corrected chi connectivity index (χ3v) is 5.73. The van der Waals surface area contributed by atoms with Crippen molar-refractivity contribution < 1.29 is 13.3 Å². The third kappa shape index (κ3) is 4.34. The lowest BCUT2D eigenvalue weighted by Gasteiger charge is -2.06. The Hall–Kier alpha value is -2.72. The standard InChI is InChI=1S/C17H15BrN4O4S/c1-12-6-8-13(9-7-12)10-21-11-14(18)17(19-21)20-27(25,26)16-5-3-2-4-15(16)22(23)24/h2-9,11H,10H2,1H3,(H,19,20). The van der Waals surface area contributed by atoms with E-state index >= 15 is 0 Å². The largest absolute Gasteiger partial charge is 0.289 e. The minimum Gasteiger partial charge on any atom is -0.265 e. The summed E-state index contributed by atoms with van der Waals surface area (Å²) in [6.07, 6.45) is 1.64. The average molecular weight is 451 g/mol. The molecule has 0 aliphatic carbocycles. The molecule has 2 aromatic carbocycles. The van der Waals surface area contributed by atoms with Crippen LogP contribution in [0.2, 0.25) is 0 Å². The number of aromatic nitrogens is 2. The van der Waals surface area contributed by atoms with Crippen molar-refractivity contribution in [2.75, 3.05) is 4.72 Å². The fourth-order valence-corrected chi connectivity index (χ4v) is 4.18. The van der Waals surface area contributed by atoms with Gasteiger partial charge < -0.3 is 0 Å². The number of hydrogen-bond acceptors (Lipinski definition) is 5. The van der Waals surface area contributed by atoms with Crippen LogP contribution in [0.15, 0.2) is 64.1 Å². The van der Waals surface area contributed by atoms with E-state index in [1.165, 1.54) is 18.2 Å². The Labute approximate surface area is 164 Å². The highest BCUT2D eigenvalue weighted by atomic mass is 79.9. The van der Waals surface area contributed by atoms with Gasteiger partial charge in [-0.2, -0.15) is 5.10 Å². The number of nitrogens with one attached hydrogen (secondary N) is 1. The molecule has 0 saturated heterocycles. The van der Waals surface area contributed by atoms with Gasteiger partial charge in [0.2, 0.25) is 0 Å². The molecule has 0 amide bonds. The van der Waals surface area contributed by atoms with Crippen molar-refractivity contribution in [1.29, 1.82) is 0 Å². The van der Waals surface area contributed by atoms with E-state index in [2.05, 4.69) is 25.8 Å². The number of rotatable bonds is 6. The minimum atomic E-state index is -4.17. The molecule has 0 spiro atoms. The molecule has 0 aliphatic rings. The Balaban J connectivity index is 1.86. The number of sulfonamides is 1. The van der Waals surface area contributed by atoms with Crippen LogP contribution in [-0.4, -0.2) is 23.1 Å². The molecule has 0 aliphatic heterocycles. The molecule has 0 saturated carbocycles. The first-order valence-electron chi connectivity index (χ1n) is 7.81. The smallest absolute Gasteiger partial charge is 0.265 e. The summed E-state index contributed by atoms with van der Waals surface area (Å²) in [5.74, 6) is 0.0558. The van der Waals surface area contributed by atoms with E-state index in [0.717, 1.165) is 17.2 Å². The Morgan fingerprint density at radius 3 is 2.52 bits per heavy atom. The zero-order chi connectivity index (χ0) is 19.6. The van der Waals surface area contributed by atoms with Crippen molar-refractivity contribution in [1.82, 2.24) is 9.78 Å². The number of para-hydroxylation sites is 1. The molecule has 0 bridgehead atoms. The molecule has 1 N–H and O–H groups in total. The predicted molar refractivity (Wildman–Crippen MR) is 104 cm³/mol. The molecule has 140 valence electrons. The molecule has 3 aromatic rings. The van der Waals surface area contributed by atoms with E-state index in [1.807, 2.05) is 31.2 Å². The van der Waals surface area contributed by atoms with Gasteiger partial charge in [0, 0.05) is 12.3 Å². The number of anilines is 1. The summed E-state index contributed by atoms with van der Waals surface area (Å²) in [5, 5.41) is 15.3. The van der Waals surface area contributed by atoms with Crippen molar-refractivity contribution in [3.05, 3.63) is 80.4 Å². The Kier molecular flexibility index (Phi) is 5.29. The van der Waals surface area contributed by atoms with Gasteiger partial charge in [-0.3, -0.25) is 19.5 Å². The molecule has 0 radical (unpaired) electrons. The summed E-state index contributed by atoms with van der Waals surface area (Å²) in [4.78, 5) is 9.95. The first-order valence-corrected chi connectivity index (χ1v) is 10.1. The molecule has 3 rings (SSSR count). The lowest BCUT2D eigenvalue weighted by Crippen LogP contribution is -2.15. The van der Waals surface area contributed by atoms with Gasteiger partial charge in [-0.25, -0.2) is 8.42 Å². The summed E-state index contributed by atoms with van der Waals surface area (Å²) in [6.45, 7) is 2.44. The van der Waals surface area contributed by atoms with E-state index in [4.69, 9.17) is 0 Å². The quantitative estimate of drug-likeness (QED) is 0.454. The summed E-state index contributed by atoms with van der Waals surface area (Å²) in [5.41, 5.74) is 1.64. The third-order valence-electron chi connectivity index (χ3n) is 3.76. The van der Waals surface area contributed by atoms with Gasteiger partial charge in [-0.1, -0.05) is 42.0 Å². The van der Waals surface area contributed by atoms with Gasteiger partial charge >= 0.3 is 0 Å². The summed E-state index contributed by atoms with van der Waals surface area (Å²) < 4.78 is 29.5. The van der Waals surface area contributed by atoms with Gasteiger partial charge in [0.05, 0.1) is 15.9 Å². The van der Waals surface area contributed by atoms with Crippen molar-refractivity contribution in [3.8, 4) is 0 Å². The molecule has 27 heavy (non-hydrogen) atoms. The van der Waals surface area contributed by atoms with Crippen molar-refractivity contribution in [2.24, 2.45) is 0 Å². The number of aryl methyl sites for hydroxylation is 1. The Bertz CT molecular complexity index is 1090. The highest BCUT2D eigenvalue weighted by Gasteiger charge is 2.26. The summed E-state index contributed by atoms with van der Waals surface area (Å²) in [7, 11) is -4.17. The molecule has 0 unspecified atom stereocenters. The Morgan fingerprint density at radius 2 is 1.85 bits per heavy atom. The Morgan fingerprint density at radius 1 is 1.19 bits per heavy atom. The number of halogens is 1. The second-order valence-electron chi connectivity index (χ2n) is 5.84. The molecular formula is C17H15BrN4O4S. The van der Waals surface area contributed by atoms with Crippen LogP contribution < -0.4 is 4.72 Å². The molecule has 8 nitrogen and oxygen atoms in total. The maximum atomic E-state index is 12.6. The van der Waals surface area contributed by atoms with E-state index < -0.39 is 25.5 Å². The number of hydrogen-bond donors (Lipinski definition) is 1. The summed E-state index contributed by atoms with van der Waals surface area (Å²) >= 11 is 3.27. The van der Waals surface area contributed by atoms with Crippen LogP contribution >= 0.6 is 15.9 Å². The molecule has 1 heterocycles. The minimum absolute atomic E-state index is 0.0558. The van der Waals surface area contributed by atoms with E-state index in [0.29, 0.717) is 11.0 Å². The summed E-state index contributed by atoms with van der Waals surface area (Å²) in [6, 6.07) is 13.0. The lowest BCUT2D eigenvalue weighted by molar-refractivity contribution is -0.387. The fourth-order valence-electron chi connectivity index (χ4n) is 2.45.